The van der Waals surface area contributed by atoms with Gasteiger partial charge in [0.05, 0.1) is 10.5 Å². The fourth-order valence-corrected chi connectivity index (χ4v) is 4.54. The highest BCUT2D eigenvalue weighted by molar-refractivity contribution is 7.89. The second-order valence-electron chi connectivity index (χ2n) is 7.39. The Hall–Kier alpha value is -3.03. The Labute approximate surface area is 188 Å². The van der Waals surface area contributed by atoms with Gasteiger partial charge in [0, 0.05) is 12.2 Å². The van der Waals surface area contributed by atoms with Crippen LogP contribution in [0.15, 0.2) is 71.6 Å². The molecule has 3 aromatic rings. The fourth-order valence-electron chi connectivity index (χ4n) is 3.49. The van der Waals surface area contributed by atoms with Gasteiger partial charge in [-0.1, -0.05) is 62.4 Å². The van der Waals surface area contributed by atoms with Crippen molar-refractivity contribution in [1.29, 1.82) is 0 Å². The Balaban J connectivity index is 1.80. The van der Waals surface area contributed by atoms with Gasteiger partial charge in [0.15, 0.2) is 0 Å². The number of para-hydroxylation sites is 1. The third-order valence-electron chi connectivity index (χ3n) is 5.28. The standard InChI is InChI=1S/C25H27FN2O3S/c1-3-19-11-8-12-20(4-2)24(19)28-25(29)22-17-21(13-14-23(22)26)32(30,31)27-16-15-18-9-6-5-7-10-18/h5-14,17,27H,3-4,15-16H2,1-2H3,(H,28,29). The van der Waals surface area contributed by atoms with E-state index in [9.17, 15) is 17.6 Å². The molecule has 0 aliphatic rings. The van der Waals surface area contributed by atoms with E-state index in [1.165, 1.54) is 0 Å². The van der Waals surface area contributed by atoms with Gasteiger partial charge in [0.1, 0.15) is 5.82 Å². The van der Waals surface area contributed by atoms with Gasteiger partial charge in [0.25, 0.3) is 5.91 Å². The Morgan fingerprint density at radius 3 is 2.19 bits per heavy atom. The van der Waals surface area contributed by atoms with E-state index in [1.54, 1.807) is 0 Å². The summed E-state index contributed by atoms with van der Waals surface area (Å²) < 4.78 is 42.4. The van der Waals surface area contributed by atoms with E-state index in [2.05, 4.69) is 10.0 Å². The van der Waals surface area contributed by atoms with Crippen LogP contribution in [0.4, 0.5) is 10.1 Å². The summed E-state index contributed by atoms with van der Waals surface area (Å²) in [6, 6.07) is 18.5. The zero-order valence-electron chi connectivity index (χ0n) is 18.2. The van der Waals surface area contributed by atoms with Gasteiger partial charge in [-0.05, 0) is 54.2 Å². The van der Waals surface area contributed by atoms with E-state index in [-0.39, 0.29) is 17.0 Å². The molecule has 7 heteroatoms. The minimum absolute atomic E-state index is 0.156. The largest absolute Gasteiger partial charge is 0.321 e. The van der Waals surface area contributed by atoms with Gasteiger partial charge in [-0.2, -0.15) is 0 Å². The fraction of sp³-hybridized carbons (Fsp3) is 0.240. The van der Waals surface area contributed by atoms with Crippen molar-refractivity contribution >= 4 is 21.6 Å². The predicted molar refractivity (Wildman–Crippen MR) is 125 cm³/mol. The van der Waals surface area contributed by atoms with E-state index in [1.807, 2.05) is 62.4 Å². The molecule has 1 amide bonds. The lowest BCUT2D eigenvalue weighted by Crippen LogP contribution is -2.26. The number of anilines is 1. The molecule has 5 nitrogen and oxygen atoms in total. The third-order valence-corrected chi connectivity index (χ3v) is 6.74. The van der Waals surface area contributed by atoms with Crippen LogP contribution in [0.5, 0.6) is 0 Å². The molecule has 3 rings (SSSR count). The van der Waals surface area contributed by atoms with Crippen LogP contribution in [0.2, 0.25) is 0 Å². The molecule has 0 bridgehead atoms. The van der Waals surface area contributed by atoms with Crippen LogP contribution in [0.1, 0.15) is 40.9 Å². The zero-order valence-corrected chi connectivity index (χ0v) is 19.0. The number of hydrogen-bond acceptors (Lipinski definition) is 3. The molecule has 0 atom stereocenters. The second-order valence-corrected chi connectivity index (χ2v) is 9.15. The van der Waals surface area contributed by atoms with Gasteiger partial charge in [-0.3, -0.25) is 4.79 Å². The van der Waals surface area contributed by atoms with E-state index >= 15 is 0 Å². The summed E-state index contributed by atoms with van der Waals surface area (Å²) in [5, 5.41) is 2.79. The summed E-state index contributed by atoms with van der Waals surface area (Å²) in [6.07, 6.45) is 1.92. The van der Waals surface area contributed by atoms with Gasteiger partial charge >= 0.3 is 0 Å². The van der Waals surface area contributed by atoms with E-state index < -0.39 is 21.7 Å². The molecule has 2 N–H and O–H groups in total. The summed E-state index contributed by atoms with van der Waals surface area (Å²) in [5.74, 6) is -1.46. The number of sulfonamides is 1. The molecule has 0 saturated heterocycles. The van der Waals surface area contributed by atoms with Crippen molar-refractivity contribution in [2.75, 3.05) is 11.9 Å². The van der Waals surface area contributed by atoms with Gasteiger partial charge < -0.3 is 5.32 Å². The maximum atomic E-state index is 14.5. The van der Waals surface area contributed by atoms with Crippen LogP contribution in [0, 0.1) is 5.82 Å². The number of carbonyl (C=O) groups is 1. The van der Waals surface area contributed by atoms with Crippen LogP contribution in [0.25, 0.3) is 0 Å². The Morgan fingerprint density at radius 1 is 0.906 bits per heavy atom. The average Bonchev–Trinajstić information content (AvgIpc) is 2.79. The van der Waals surface area contributed by atoms with E-state index in [4.69, 9.17) is 0 Å². The number of carbonyl (C=O) groups excluding carboxylic acids is 1. The van der Waals surface area contributed by atoms with Crippen molar-refractivity contribution in [2.45, 2.75) is 38.0 Å². The lowest BCUT2D eigenvalue weighted by atomic mass is 10.0. The van der Waals surface area contributed by atoms with Crippen LogP contribution in [-0.4, -0.2) is 20.9 Å². The van der Waals surface area contributed by atoms with Crippen LogP contribution in [0.3, 0.4) is 0 Å². The molecular formula is C25H27FN2O3S. The molecule has 32 heavy (non-hydrogen) atoms. The van der Waals surface area contributed by atoms with Gasteiger partial charge in [-0.15, -0.1) is 0 Å². The number of amides is 1. The molecule has 0 fully saturated rings. The summed E-state index contributed by atoms with van der Waals surface area (Å²) >= 11 is 0. The first-order valence-corrected chi connectivity index (χ1v) is 12.1. The Bertz CT molecular complexity index is 1170. The number of rotatable bonds is 9. The normalized spacial score (nSPS) is 11.3. The minimum Gasteiger partial charge on any atom is -0.321 e. The monoisotopic (exact) mass is 454 g/mol. The van der Waals surface area contributed by atoms with Crippen molar-refractivity contribution in [3.63, 3.8) is 0 Å². The lowest BCUT2D eigenvalue weighted by Gasteiger charge is -2.15. The first-order chi connectivity index (χ1) is 15.4. The minimum atomic E-state index is -3.90. The molecular weight excluding hydrogens is 427 g/mol. The summed E-state index contributed by atoms with van der Waals surface area (Å²) in [6.45, 7) is 4.13. The highest BCUT2D eigenvalue weighted by atomic mass is 32.2. The van der Waals surface area contributed by atoms with Gasteiger partial charge in [-0.25, -0.2) is 17.5 Å². The van der Waals surface area contributed by atoms with Crippen molar-refractivity contribution in [3.8, 4) is 0 Å². The smallest absolute Gasteiger partial charge is 0.258 e. The molecule has 0 heterocycles. The highest BCUT2D eigenvalue weighted by Gasteiger charge is 2.20. The molecule has 0 aromatic heterocycles. The number of halogens is 1. The van der Waals surface area contributed by atoms with Crippen molar-refractivity contribution in [1.82, 2.24) is 4.72 Å². The van der Waals surface area contributed by atoms with Crippen LogP contribution >= 0.6 is 0 Å². The Kier molecular flexibility index (Phi) is 7.77. The van der Waals surface area contributed by atoms with E-state index in [0.29, 0.717) is 24.9 Å². The van der Waals surface area contributed by atoms with Crippen LogP contribution < -0.4 is 10.0 Å². The van der Waals surface area contributed by atoms with Crippen molar-refractivity contribution in [2.24, 2.45) is 0 Å². The topological polar surface area (TPSA) is 75.3 Å². The molecule has 168 valence electrons. The van der Waals surface area contributed by atoms with Gasteiger partial charge in [0.2, 0.25) is 10.0 Å². The third kappa shape index (κ3) is 5.60. The van der Waals surface area contributed by atoms with Crippen molar-refractivity contribution < 1.29 is 17.6 Å². The number of aryl methyl sites for hydroxylation is 2. The average molecular weight is 455 g/mol. The van der Waals surface area contributed by atoms with E-state index in [0.717, 1.165) is 34.9 Å². The molecule has 0 radical (unpaired) electrons. The SMILES string of the molecule is CCc1cccc(CC)c1NC(=O)c1cc(S(=O)(=O)NCCc2ccccc2)ccc1F. The zero-order chi connectivity index (χ0) is 23.1. The number of hydrogen-bond donors (Lipinski definition) is 2. The molecule has 0 unspecified atom stereocenters. The summed E-state index contributed by atoms with van der Waals surface area (Å²) in [7, 11) is -3.90. The molecule has 0 spiro atoms. The molecule has 0 aliphatic heterocycles. The first-order valence-electron chi connectivity index (χ1n) is 10.6. The Morgan fingerprint density at radius 2 is 1.56 bits per heavy atom. The molecule has 0 saturated carbocycles. The maximum Gasteiger partial charge on any atom is 0.258 e. The first kappa shape index (κ1) is 23.6. The maximum absolute atomic E-state index is 14.5. The lowest BCUT2D eigenvalue weighted by molar-refractivity contribution is 0.102. The highest BCUT2D eigenvalue weighted by Crippen LogP contribution is 2.24. The van der Waals surface area contributed by atoms with Crippen molar-refractivity contribution in [3.05, 3.63) is 94.8 Å². The summed E-state index contributed by atoms with van der Waals surface area (Å²) in [5.41, 5.74) is 3.20. The number of benzene rings is 3. The second kappa shape index (κ2) is 10.5. The van der Waals surface area contributed by atoms with Crippen LogP contribution in [-0.2, 0) is 29.3 Å². The quantitative estimate of drug-likeness (QED) is 0.491. The predicted octanol–water partition coefficient (Wildman–Crippen LogP) is 4.72. The number of nitrogens with one attached hydrogen (secondary N) is 2. The summed E-state index contributed by atoms with van der Waals surface area (Å²) in [4.78, 5) is 12.7. The molecule has 0 aliphatic carbocycles. The molecule has 3 aromatic carbocycles.